The number of hydrogen-bond acceptors (Lipinski definition) is 4. The van der Waals surface area contributed by atoms with Crippen molar-refractivity contribution in [1.29, 1.82) is 0 Å². The van der Waals surface area contributed by atoms with Gasteiger partial charge in [0.2, 0.25) is 0 Å². The van der Waals surface area contributed by atoms with Crippen LogP contribution in [0, 0.1) is 12.7 Å². The van der Waals surface area contributed by atoms with Gasteiger partial charge in [-0.3, -0.25) is 0 Å². The molecule has 0 fully saturated rings. The zero-order valence-corrected chi connectivity index (χ0v) is 11.5. The molecule has 4 nitrogen and oxygen atoms in total. The van der Waals surface area contributed by atoms with Crippen molar-refractivity contribution < 1.29 is 4.39 Å². The number of halogens is 2. The van der Waals surface area contributed by atoms with E-state index in [1.807, 2.05) is 6.92 Å². The second kappa shape index (κ2) is 5.30. The maximum absolute atomic E-state index is 13.2. The highest BCUT2D eigenvalue weighted by Crippen LogP contribution is 2.29. The first-order valence-corrected chi connectivity index (χ1v) is 6.12. The molecular weight excluding hydrogens is 299 g/mol. The molecule has 2 aromatic rings. The topological polar surface area (TPSA) is 49.8 Å². The van der Waals surface area contributed by atoms with Crippen molar-refractivity contribution in [3.05, 3.63) is 40.4 Å². The maximum atomic E-state index is 13.2. The number of benzene rings is 1. The Kier molecular flexibility index (Phi) is 3.76. The Bertz CT molecular complexity index is 574. The van der Waals surface area contributed by atoms with Gasteiger partial charge in [0.15, 0.2) is 0 Å². The molecule has 0 atom stereocenters. The van der Waals surface area contributed by atoms with Gasteiger partial charge in [0.05, 0.1) is 0 Å². The van der Waals surface area contributed by atoms with Crippen molar-refractivity contribution in [2.24, 2.45) is 0 Å². The zero-order chi connectivity index (χ0) is 13.1. The summed E-state index contributed by atoms with van der Waals surface area (Å²) in [6, 6.07) is 4.57. The van der Waals surface area contributed by atoms with E-state index < -0.39 is 0 Å². The Hall–Kier alpha value is -1.69. The fourth-order valence-corrected chi connectivity index (χ4v) is 1.99. The summed E-state index contributed by atoms with van der Waals surface area (Å²) in [6.07, 6.45) is 1.44. The van der Waals surface area contributed by atoms with Gasteiger partial charge in [-0.05, 0) is 40.5 Å². The fourth-order valence-electron chi connectivity index (χ4n) is 1.49. The van der Waals surface area contributed by atoms with E-state index in [0.29, 0.717) is 21.8 Å². The van der Waals surface area contributed by atoms with Gasteiger partial charge in [-0.15, -0.1) is 0 Å². The second-order valence-electron chi connectivity index (χ2n) is 3.72. The Morgan fingerprint density at radius 2 is 1.94 bits per heavy atom. The maximum Gasteiger partial charge on any atom is 0.150 e. The van der Waals surface area contributed by atoms with Crippen molar-refractivity contribution in [1.82, 2.24) is 9.97 Å². The molecule has 0 aliphatic carbocycles. The highest BCUT2D eigenvalue weighted by molar-refractivity contribution is 9.10. The van der Waals surface area contributed by atoms with Gasteiger partial charge in [0.25, 0.3) is 0 Å². The van der Waals surface area contributed by atoms with Crippen LogP contribution in [0.4, 0.5) is 21.7 Å². The molecule has 0 aliphatic rings. The van der Waals surface area contributed by atoms with Crippen molar-refractivity contribution in [2.75, 3.05) is 17.7 Å². The van der Waals surface area contributed by atoms with Crippen LogP contribution in [0.5, 0.6) is 0 Å². The predicted octanol–water partition coefficient (Wildman–Crippen LogP) is 3.47. The smallest absolute Gasteiger partial charge is 0.150 e. The SMILES string of the molecule is CNc1ncnc(Nc2cc(F)ccc2C)c1Br. The molecule has 0 radical (unpaired) electrons. The lowest BCUT2D eigenvalue weighted by Crippen LogP contribution is -2.01. The number of aromatic nitrogens is 2. The first kappa shape index (κ1) is 12.8. The number of hydrogen-bond donors (Lipinski definition) is 2. The van der Waals surface area contributed by atoms with Gasteiger partial charge in [0, 0.05) is 12.7 Å². The third-order valence-corrected chi connectivity index (χ3v) is 3.23. The van der Waals surface area contributed by atoms with E-state index in [0.717, 1.165) is 5.56 Å². The number of rotatable bonds is 3. The van der Waals surface area contributed by atoms with Crippen LogP contribution in [0.2, 0.25) is 0 Å². The average Bonchev–Trinajstić information content (AvgIpc) is 2.36. The van der Waals surface area contributed by atoms with Crippen LogP contribution in [-0.4, -0.2) is 17.0 Å². The normalized spacial score (nSPS) is 10.2. The number of aryl methyl sites for hydroxylation is 1. The highest BCUT2D eigenvalue weighted by atomic mass is 79.9. The first-order valence-electron chi connectivity index (χ1n) is 5.33. The molecule has 1 heterocycles. The average molecular weight is 311 g/mol. The number of nitrogens with one attached hydrogen (secondary N) is 2. The molecule has 0 aliphatic heterocycles. The van der Waals surface area contributed by atoms with Gasteiger partial charge >= 0.3 is 0 Å². The van der Waals surface area contributed by atoms with E-state index in [1.54, 1.807) is 13.1 Å². The summed E-state index contributed by atoms with van der Waals surface area (Å²) in [4.78, 5) is 8.18. The van der Waals surface area contributed by atoms with E-state index >= 15 is 0 Å². The lowest BCUT2D eigenvalue weighted by atomic mass is 10.2. The minimum Gasteiger partial charge on any atom is -0.372 e. The monoisotopic (exact) mass is 310 g/mol. The minimum atomic E-state index is -0.290. The third kappa shape index (κ3) is 2.59. The van der Waals surface area contributed by atoms with Crippen LogP contribution in [0.1, 0.15) is 5.56 Å². The lowest BCUT2D eigenvalue weighted by Gasteiger charge is -2.11. The molecule has 94 valence electrons. The van der Waals surface area contributed by atoms with Crippen LogP contribution < -0.4 is 10.6 Å². The molecule has 1 aromatic carbocycles. The van der Waals surface area contributed by atoms with Crippen LogP contribution in [0.3, 0.4) is 0 Å². The van der Waals surface area contributed by atoms with Crippen molar-refractivity contribution in [2.45, 2.75) is 6.92 Å². The standard InChI is InChI=1S/C12H12BrFN4/c1-7-3-4-8(14)5-9(7)18-12-10(13)11(15-2)16-6-17-12/h3-6H,1-2H3,(H2,15,16,17,18). The summed E-state index contributed by atoms with van der Waals surface area (Å²) in [5.74, 6) is 0.965. The first-order chi connectivity index (χ1) is 8.61. The summed E-state index contributed by atoms with van der Waals surface area (Å²) in [5.41, 5.74) is 1.62. The molecule has 0 amide bonds. The summed E-state index contributed by atoms with van der Waals surface area (Å²) in [6.45, 7) is 1.90. The van der Waals surface area contributed by atoms with Crippen molar-refractivity contribution >= 4 is 33.3 Å². The van der Waals surface area contributed by atoms with E-state index in [9.17, 15) is 4.39 Å². The molecule has 0 saturated carbocycles. The molecule has 0 unspecified atom stereocenters. The van der Waals surface area contributed by atoms with Gasteiger partial charge < -0.3 is 10.6 Å². The quantitative estimate of drug-likeness (QED) is 0.911. The van der Waals surface area contributed by atoms with Gasteiger partial charge in [-0.25, -0.2) is 14.4 Å². The molecule has 0 saturated heterocycles. The van der Waals surface area contributed by atoms with E-state index in [1.165, 1.54) is 18.5 Å². The van der Waals surface area contributed by atoms with Gasteiger partial charge in [0.1, 0.15) is 28.3 Å². The zero-order valence-electron chi connectivity index (χ0n) is 9.96. The van der Waals surface area contributed by atoms with Crippen LogP contribution in [0.15, 0.2) is 29.0 Å². The summed E-state index contributed by atoms with van der Waals surface area (Å²) in [5, 5.41) is 6.01. The highest BCUT2D eigenvalue weighted by Gasteiger charge is 2.09. The molecular formula is C12H12BrFN4. The molecule has 6 heteroatoms. The molecule has 1 aromatic heterocycles. The molecule has 0 spiro atoms. The molecule has 2 N–H and O–H groups in total. The second-order valence-corrected chi connectivity index (χ2v) is 4.51. The predicted molar refractivity (Wildman–Crippen MR) is 73.7 cm³/mol. The fraction of sp³-hybridized carbons (Fsp3) is 0.167. The van der Waals surface area contributed by atoms with E-state index in [-0.39, 0.29) is 5.82 Å². The van der Waals surface area contributed by atoms with Gasteiger partial charge in [-0.2, -0.15) is 0 Å². The van der Waals surface area contributed by atoms with Crippen molar-refractivity contribution in [3.63, 3.8) is 0 Å². The molecule has 2 rings (SSSR count). The summed E-state index contributed by atoms with van der Waals surface area (Å²) in [7, 11) is 1.77. The van der Waals surface area contributed by atoms with Gasteiger partial charge in [-0.1, -0.05) is 6.07 Å². The third-order valence-electron chi connectivity index (χ3n) is 2.48. The summed E-state index contributed by atoms with van der Waals surface area (Å²) < 4.78 is 13.9. The summed E-state index contributed by atoms with van der Waals surface area (Å²) >= 11 is 3.40. The Balaban J connectivity index is 2.37. The number of nitrogens with zero attached hydrogens (tertiary/aromatic N) is 2. The molecule has 0 bridgehead atoms. The Labute approximate surface area is 113 Å². The number of anilines is 3. The van der Waals surface area contributed by atoms with Crippen LogP contribution in [-0.2, 0) is 0 Å². The minimum absolute atomic E-state index is 0.290. The van der Waals surface area contributed by atoms with Crippen LogP contribution >= 0.6 is 15.9 Å². The molecule has 18 heavy (non-hydrogen) atoms. The van der Waals surface area contributed by atoms with Crippen molar-refractivity contribution in [3.8, 4) is 0 Å². The Morgan fingerprint density at radius 3 is 2.67 bits per heavy atom. The van der Waals surface area contributed by atoms with E-state index in [4.69, 9.17) is 0 Å². The largest absolute Gasteiger partial charge is 0.372 e. The lowest BCUT2D eigenvalue weighted by molar-refractivity contribution is 0.628. The van der Waals surface area contributed by atoms with Crippen LogP contribution in [0.25, 0.3) is 0 Å². The van der Waals surface area contributed by atoms with E-state index in [2.05, 4.69) is 36.5 Å². The Morgan fingerprint density at radius 1 is 1.22 bits per heavy atom.